The van der Waals surface area contributed by atoms with Crippen LogP contribution in [0.3, 0.4) is 0 Å². The van der Waals surface area contributed by atoms with Crippen molar-refractivity contribution in [3.05, 3.63) is 35.9 Å². The van der Waals surface area contributed by atoms with Gasteiger partial charge in [0.25, 0.3) is 0 Å². The molecule has 2 fully saturated rings. The number of aliphatic hydroxyl groups is 1. The summed E-state index contributed by atoms with van der Waals surface area (Å²) in [5.41, 5.74) is 1.36. The van der Waals surface area contributed by atoms with Crippen LogP contribution in [0, 0.1) is 11.8 Å². The number of rotatable bonds is 4. The van der Waals surface area contributed by atoms with Crippen molar-refractivity contribution in [2.24, 2.45) is 11.8 Å². The Bertz CT molecular complexity index is 532. The van der Waals surface area contributed by atoms with Gasteiger partial charge in [-0.2, -0.15) is 0 Å². The zero-order chi connectivity index (χ0) is 16.9. The smallest absolute Gasteiger partial charge is 0.317 e. The van der Waals surface area contributed by atoms with Gasteiger partial charge in [0.15, 0.2) is 0 Å². The van der Waals surface area contributed by atoms with Crippen LogP contribution in [-0.2, 0) is 6.42 Å². The summed E-state index contributed by atoms with van der Waals surface area (Å²) in [5, 5.41) is 13.1. The number of amides is 2. The fourth-order valence-corrected chi connectivity index (χ4v) is 4.23. The summed E-state index contributed by atoms with van der Waals surface area (Å²) in [5.74, 6) is 0.752. The summed E-state index contributed by atoms with van der Waals surface area (Å²) < 4.78 is 0. The second-order valence-corrected chi connectivity index (χ2v) is 7.53. The molecule has 1 heterocycles. The highest BCUT2D eigenvalue weighted by Crippen LogP contribution is 2.29. The molecule has 3 rings (SSSR count). The van der Waals surface area contributed by atoms with E-state index in [1.807, 2.05) is 17.9 Å². The minimum absolute atomic E-state index is 0.0605. The van der Waals surface area contributed by atoms with Crippen LogP contribution in [-0.4, -0.2) is 41.3 Å². The molecule has 0 bridgehead atoms. The number of hydrogen-bond donors (Lipinski definition) is 2. The number of benzene rings is 1. The number of carbonyl (C=O) groups is 1. The topological polar surface area (TPSA) is 52.6 Å². The zero-order valence-corrected chi connectivity index (χ0v) is 14.7. The molecule has 0 aromatic heterocycles. The predicted octanol–water partition coefficient (Wildman–Crippen LogP) is 3.20. The van der Waals surface area contributed by atoms with Crippen LogP contribution in [0.25, 0.3) is 0 Å². The Balaban J connectivity index is 1.55. The van der Waals surface area contributed by atoms with Gasteiger partial charge in [-0.1, -0.05) is 36.8 Å². The summed E-state index contributed by atoms with van der Waals surface area (Å²) in [6, 6.07) is 10.9. The standard InChI is InChI=1S/C20H30N2O2/c1-15(23)18-10-6-12-22(14-18)20(24)21-19-11-5-9-17(19)13-16-7-3-2-4-8-16/h2-4,7-8,15,17-19,23H,5-6,9-14H2,1H3,(H,21,24). The Morgan fingerprint density at radius 1 is 1.25 bits per heavy atom. The van der Waals surface area contributed by atoms with E-state index in [9.17, 15) is 9.90 Å². The lowest BCUT2D eigenvalue weighted by atomic mass is 9.93. The molecule has 0 spiro atoms. The molecule has 1 saturated heterocycles. The molecule has 4 unspecified atom stereocenters. The summed E-state index contributed by atoms with van der Waals surface area (Å²) in [4.78, 5) is 14.6. The second-order valence-electron chi connectivity index (χ2n) is 7.53. The van der Waals surface area contributed by atoms with Gasteiger partial charge >= 0.3 is 6.03 Å². The molecule has 2 N–H and O–H groups in total. The molecular formula is C20H30N2O2. The van der Waals surface area contributed by atoms with Gasteiger partial charge in [0.2, 0.25) is 0 Å². The maximum atomic E-state index is 12.7. The number of aliphatic hydroxyl groups excluding tert-OH is 1. The molecule has 1 aromatic rings. The van der Waals surface area contributed by atoms with Gasteiger partial charge in [-0.05, 0) is 50.5 Å². The Morgan fingerprint density at radius 2 is 2.04 bits per heavy atom. The van der Waals surface area contributed by atoms with E-state index < -0.39 is 0 Å². The molecule has 0 radical (unpaired) electrons. The normalized spacial score (nSPS) is 28.6. The Hall–Kier alpha value is -1.55. The van der Waals surface area contributed by atoms with Crippen molar-refractivity contribution in [1.82, 2.24) is 10.2 Å². The van der Waals surface area contributed by atoms with Crippen molar-refractivity contribution in [3.63, 3.8) is 0 Å². The maximum Gasteiger partial charge on any atom is 0.317 e. The molecule has 2 amide bonds. The monoisotopic (exact) mass is 330 g/mol. The highest BCUT2D eigenvalue weighted by Gasteiger charge is 2.32. The van der Waals surface area contributed by atoms with Gasteiger partial charge in [-0.3, -0.25) is 0 Å². The zero-order valence-electron chi connectivity index (χ0n) is 14.7. The molecule has 4 atom stereocenters. The van der Waals surface area contributed by atoms with Crippen LogP contribution in [0.15, 0.2) is 30.3 Å². The first kappa shape index (κ1) is 17.3. The number of nitrogens with zero attached hydrogens (tertiary/aromatic N) is 1. The first-order chi connectivity index (χ1) is 11.6. The second kappa shape index (κ2) is 8.02. The number of likely N-dealkylation sites (tertiary alicyclic amines) is 1. The summed E-state index contributed by atoms with van der Waals surface area (Å²) in [7, 11) is 0. The van der Waals surface area contributed by atoms with Crippen molar-refractivity contribution < 1.29 is 9.90 Å². The summed E-state index contributed by atoms with van der Waals surface area (Å²) in [6.07, 6.45) is 6.18. The Labute approximate surface area is 145 Å². The highest BCUT2D eigenvalue weighted by molar-refractivity contribution is 5.74. The van der Waals surface area contributed by atoms with Crippen LogP contribution >= 0.6 is 0 Å². The third-order valence-corrected chi connectivity index (χ3v) is 5.74. The number of hydrogen-bond acceptors (Lipinski definition) is 2. The SMILES string of the molecule is CC(O)C1CCCN(C(=O)NC2CCCC2Cc2ccccc2)C1. The van der Waals surface area contributed by atoms with Crippen LogP contribution in [0.1, 0.15) is 44.6 Å². The number of nitrogens with one attached hydrogen (secondary N) is 1. The van der Waals surface area contributed by atoms with E-state index in [1.54, 1.807) is 0 Å². The van der Waals surface area contributed by atoms with Gasteiger partial charge in [0, 0.05) is 25.0 Å². The van der Waals surface area contributed by atoms with Gasteiger partial charge in [0.1, 0.15) is 0 Å². The Morgan fingerprint density at radius 3 is 2.79 bits per heavy atom. The first-order valence-electron chi connectivity index (χ1n) is 9.41. The van der Waals surface area contributed by atoms with E-state index in [0.717, 1.165) is 32.2 Å². The average molecular weight is 330 g/mol. The molecule has 132 valence electrons. The van der Waals surface area contributed by atoms with Crippen LogP contribution < -0.4 is 5.32 Å². The summed E-state index contributed by atoms with van der Waals surface area (Å²) in [6.45, 7) is 3.32. The molecular weight excluding hydrogens is 300 g/mol. The highest BCUT2D eigenvalue weighted by atomic mass is 16.3. The molecule has 4 heteroatoms. The number of piperidine rings is 1. The molecule has 24 heavy (non-hydrogen) atoms. The largest absolute Gasteiger partial charge is 0.393 e. The van der Waals surface area contributed by atoms with Crippen molar-refractivity contribution in [2.75, 3.05) is 13.1 Å². The first-order valence-corrected chi connectivity index (χ1v) is 9.41. The fourth-order valence-electron chi connectivity index (χ4n) is 4.23. The van der Waals surface area contributed by atoms with Gasteiger partial charge in [-0.25, -0.2) is 4.79 Å². The lowest BCUT2D eigenvalue weighted by Crippen LogP contribution is -2.50. The maximum absolute atomic E-state index is 12.7. The summed E-state index contributed by atoms with van der Waals surface area (Å²) >= 11 is 0. The van der Waals surface area contributed by atoms with Crippen LogP contribution in [0.2, 0.25) is 0 Å². The van der Waals surface area contributed by atoms with E-state index >= 15 is 0 Å². The molecule has 2 aliphatic rings. The third-order valence-electron chi connectivity index (χ3n) is 5.74. The van der Waals surface area contributed by atoms with E-state index in [2.05, 4.69) is 29.6 Å². The fraction of sp³-hybridized carbons (Fsp3) is 0.650. The van der Waals surface area contributed by atoms with Crippen molar-refractivity contribution >= 4 is 6.03 Å². The van der Waals surface area contributed by atoms with Crippen molar-refractivity contribution in [2.45, 2.75) is 57.6 Å². The van der Waals surface area contributed by atoms with E-state index in [0.29, 0.717) is 12.5 Å². The molecule has 1 aliphatic carbocycles. The van der Waals surface area contributed by atoms with Crippen molar-refractivity contribution in [1.29, 1.82) is 0 Å². The average Bonchev–Trinajstić information content (AvgIpc) is 3.02. The lowest BCUT2D eigenvalue weighted by molar-refractivity contribution is 0.0730. The van der Waals surface area contributed by atoms with Crippen molar-refractivity contribution in [3.8, 4) is 0 Å². The van der Waals surface area contributed by atoms with Crippen LogP contribution in [0.5, 0.6) is 0 Å². The molecule has 1 aliphatic heterocycles. The van der Waals surface area contributed by atoms with Gasteiger partial charge in [0.05, 0.1) is 6.10 Å². The number of urea groups is 1. The van der Waals surface area contributed by atoms with E-state index in [4.69, 9.17) is 0 Å². The van der Waals surface area contributed by atoms with E-state index in [1.165, 1.54) is 18.4 Å². The van der Waals surface area contributed by atoms with E-state index in [-0.39, 0.29) is 24.1 Å². The Kier molecular flexibility index (Phi) is 5.77. The molecule has 1 saturated carbocycles. The van der Waals surface area contributed by atoms with Gasteiger partial charge < -0.3 is 15.3 Å². The lowest BCUT2D eigenvalue weighted by Gasteiger charge is -2.35. The van der Waals surface area contributed by atoms with Crippen LogP contribution in [0.4, 0.5) is 4.79 Å². The minimum atomic E-state index is -0.335. The predicted molar refractivity (Wildman–Crippen MR) is 95.8 cm³/mol. The third kappa shape index (κ3) is 4.29. The number of carbonyl (C=O) groups excluding carboxylic acids is 1. The minimum Gasteiger partial charge on any atom is -0.393 e. The quantitative estimate of drug-likeness (QED) is 0.891. The van der Waals surface area contributed by atoms with Gasteiger partial charge in [-0.15, -0.1) is 0 Å². The molecule has 4 nitrogen and oxygen atoms in total. The molecule has 1 aromatic carbocycles.